The van der Waals surface area contributed by atoms with Crippen LogP contribution in [0.4, 0.5) is 5.82 Å². The van der Waals surface area contributed by atoms with Crippen LogP contribution in [0.1, 0.15) is 26.7 Å². The van der Waals surface area contributed by atoms with Gasteiger partial charge in [-0.3, -0.25) is 4.79 Å². The number of amides is 1. The molecule has 2 aliphatic rings. The average Bonchev–Trinajstić information content (AvgIpc) is 3.11. The zero-order chi connectivity index (χ0) is 17.4. The molecule has 8 nitrogen and oxygen atoms in total. The normalized spacial score (nSPS) is 25.5. The molecule has 0 radical (unpaired) electrons. The fourth-order valence-corrected chi connectivity index (χ4v) is 3.69. The van der Waals surface area contributed by atoms with Gasteiger partial charge in [0.2, 0.25) is 5.91 Å². The van der Waals surface area contributed by atoms with Gasteiger partial charge in [-0.25, -0.2) is 0 Å². The molecule has 0 aromatic carbocycles. The van der Waals surface area contributed by atoms with Crippen molar-refractivity contribution in [3.05, 3.63) is 18.5 Å². The second-order valence-electron chi connectivity index (χ2n) is 7.07. The first-order chi connectivity index (χ1) is 12.1. The Morgan fingerprint density at radius 1 is 1.24 bits per heavy atom. The fraction of sp³-hybridized carbons (Fsp3) is 0.647. The van der Waals surface area contributed by atoms with Crippen molar-refractivity contribution in [2.45, 2.75) is 38.8 Å². The smallest absolute Gasteiger partial charge is 0.226 e. The molecule has 2 fully saturated rings. The van der Waals surface area contributed by atoms with Crippen LogP contribution in [0.5, 0.6) is 0 Å². The molecule has 0 spiro atoms. The van der Waals surface area contributed by atoms with Gasteiger partial charge in [0.1, 0.15) is 12.1 Å². The number of nitrogens with zero attached hydrogens (tertiary/aromatic N) is 6. The third-order valence-electron chi connectivity index (χ3n) is 5.21. The van der Waals surface area contributed by atoms with Crippen LogP contribution in [-0.2, 0) is 9.53 Å². The zero-order valence-corrected chi connectivity index (χ0v) is 14.7. The molecule has 134 valence electrons. The summed E-state index contributed by atoms with van der Waals surface area (Å²) in [5, 5.41) is 12.4. The fourth-order valence-electron chi connectivity index (χ4n) is 3.69. The third kappa shape index (κ3) is 3.18. The lowest BCUT2D eigenvalue weighted by Gasteiger charge is -2.40. The highest BCUT2D eigenvalue weighted by atomic mass is 16.5. The number of hydrogen-bond donors (Lipinski definition) is 0. The van der Waals surface area contributed by atoms with Crippen LogP contribution in [0.25, 0.3) is 5.65 Å². The van der Waals surface area contributed by atoms with E-state index in [1.54, 1.807) is 10.8 Å². The van der Waals surface area contributed by atoms with E-state index >= 15 is 0 Å². The minimum Gasteiger partial charge on any atom is -0.375 e. The molecule has 4 heterocycles. The molecule has 2 aromatic heterocycles. The summed E-state index contributed by atoms with van der Waals surface area (Å²) in [6.45, 7) is 7.11. The topological polar surface area (TPSA) is 75.9 Å². The van der Waals surface area contributed by atoms with Crippen LogP contribution >= 0.6 is 0 Å². The van der Waals surface area contributed by atoms with Gasteiger partial charge in [-0.1, -0.05) is 0 Å². The summed E-state index contributed by atoms with van der Waals surface area (Å²) in [6.07, 6.45) is 3.45. The van der Waals surface area contributed by atoms with E-state index in [2.05, 4.69) is 27.1 Å². The highest BCUT2D eigenvalue weighted by molar-refractivity contribution is 5.79. The number of morpholine rings is 1. The van der Waals surface area contributed by atoms with Crippen molar-refractivity contribution >= 4 is 17.4 Å². The molecule has 2 saturated heterocycles. The van der Waals surface area contributed by atoms with E-state index in [9.17, 15) is 4.79 Å². The van der Waals surface area contributed by atoms with E-state index in [4.69, 9.17) is 4.74 Å². The molecule has 1 amide bonds. The first-order valence-corrected chi connectivity index (χ1v) is 8.96. The Morgan fingerprint density at radius 2 is 2.04 bits per heavy atom. The number of fused-ring (bicyclic) bond motifs is 1. The summed E-state index contributed by atoms with van der Waals surface area (Å²) < 4.78 is 7.32. The number of hydrogen-bond acceptors (Lipinski definition) is 6. The van der Waals surface area contributed by atoms with Gasteiger partial charge in [0.05, 0.1) is 18.8 Å². The van der Waals surface area contributed by atoms with Gasteiger partial charge in [0.15, 0.2) is 5.65 Å². The van der Waals surface area contributed by atoms with Crippen LogP contribution in [-0.4, -0.2) is 69.0 Å². The number of rotatable bonds is 2. The van der Waals surface area contributed by atoms with E-state index < -0.39 is 0 Å². The lowest BCUT2D eigenvalue weighted by Crippen LogP contribution is -2.53. The van der Waals surface area contributed by atoms with Crippen molar-refractivity contribution in [1.29, 1.82) is 0 Å². The first-order valence-electron chi connectivity index (χ1n) is 8.96. The highest BCUT2D eigenvalue weighted by Gasteiger charge is 2.34. The minimum absolute atomic E-state index is 0.0997. The van der Waals surface area contributed by atoms with Crippen LogP contribution in [0.3, 0.4) is 0 Å². The monoisotopic (exact) mass is 344 g/mol. The van der Waals surface area contributed by atoms with Crippen LogP contribution in [0, 0.1) is 5.92 Å². The molecule has 2 unspecified atom stereocenters. The Kier molecular flexibility index (Phi) is 4.29. The van der Waals surface area contributed by atoms with Gasteiger partial charge in [-0.05, 0) is 38.8 Å². The molecule has 0 saturated carbocycles. The maximum Gasteiger partial charge on any atom is 0.226 e. The Balaban J connectivity index is 1.39. The standard InChI is InChI=1S/C17H24N6O2/c1-12-10-25-13(2)9-22(12)17(24)14-5-7-21(8-6-14)16-4-3-15-19-18-11-23(15)20-16/h3-4,11-14H,5-10H2,1-2H3. The van der Waals surface area contributed by atoms with Crippen LogP contribution < -0.4 is 4.90 Å². The van der Waals surface area contributed by atoms with Gasteiger partial charge in [-0.2, -0.15) is 4.52 Å². The second kappa shape index (κ2) is 6.59. The van der Waals surface area contributed by atoms with E-state index in [1.165, 1.54) is 0 Å². The largest absolute Gasteiger partial charge is 0.375 e. The molecule has 25 heavy (non-hydrogen) atoms. The minimum atomic E-state index is 0.0997. The average molecular weight is 344 g/mol. The summed E-state index contributed by atoms with van der Waals surface area (Å²) in [7, 11) is 0. The number of anilines is 1. The second-order valence-corrected chi connectivity index (χ2v) is 7.07. The number of piperidine rings is 1. The summed E-state index contributed by atoms with van der Waals surface area (Å²) >= 11 is 0. The van der Waals surface area contributed by atoms with Gasteiger partial charge in [0, 0.05) is 25.6 Å². The van der Waals surface area contributed by atoms with E-state index in [-0.39, 0.29) is 24.0 Å². The summed E-state index contributed by atoms with van der Waals surface area (Å²) in [5.74, 6) is 1.29. The number of carbonyl (C=O) groups is 1. The van der Waals surface area contributed by atoms with Gasteiger partial charge < -0.3 is 14.5 Å². The van der Waals surface area contributed by atoms with Crippen molar-refractivity contribution in [1.82, 2.24) is 24.7 Å². The van der Waals surface area contributed by atoms with Crippen molar-refractivity contribution in [3.63, 3.8) is 0 Å². The molecule has 2 aliphatic heterocycles. The predicted molar refractivity (Wildman–Crippen MR) is 92.3 cm³/mol. The quantitative estimate of drug-likeness (QED) is 0.808. The summed E-state index contributed by atoms with van der Waals surface area (Å²) in [4.78, 5) is 17.1. The maximum atomic E-state index is 12.9. The number of aromatic nitrogens is 4. The summed E-state index contributed by atoms with van der Waals surface area (Å²) in [6, 6.07) is 4.06. The molecule has 0 bridgehead atoms. The first kappa shape index (κ1) is 16.3. The highest BCUT2D eigenvalue weighted by Crippen LogP contribution is 2.25. The lowest BCUT2D eigenvalue weighted by atomic mass is 9.94. The van der Waals surface area contributed by atoms with E-state index in [1.807, 2.05) is 24.0 Å². The van der Waals surface area contributed by atoms with E-state index in [0.717, 1.165) is 37.4 Å². The maximum absolute atomic E-state index is 12.9. The molecule has 8 heteroatoms. The number of ether oxygens (including phenoxy) is 1. The van der Waals surface area contributed by atoms with Crippen LogP contribution in [0.2, 0.25) is 0 Å². The molecular weight excluding hydrogens is 320 g/mol. The van der Waals surface area contributed by atoms with E-state index in [0.29, 0.717) is 13.2 Å². The van der Waals surface area contributed by atoms with Crippen molar-refractivity contribution < 1.29 is 9.53 Å². The lowest BCUT2D eigenvalue weighted by molar-refractivity contribution is -0.148. The van der Waals surface area contributed by atoms with Gasteiger partial charge in [0.25, 0.3) is 0 Å². The van der Waals surface area contributed by atoms with Crippen LogP contribution in [0.15, 0.2) is 18.5 Å². The van der Waals surface area contributed by atoms with Crippen molar-refractivity contribution in [2.75, 3.05) is 31.1 Å². The summed E-state index contributed by atoms with van der Waals surface area (Å²) in [5.41, 5.74) is 0.740. The van der Waals surface area contributed by atoms with Crippen molar-refractivity contribution in [3.8, 4) is 0 Å². The van der Waals surface area contributed by atoms with Gasteiger partial charge in [-0.15, -0.1) is 15.3 Å². The Morgan fingerprint density at radius 3 is 2.84 bits per heavy atom. The molecule has 2 aromatic rings. The molecule has 0 aliphatic carbocycles. The van der Waals surface area contributed by atoms with Crippen molar-refractivity contribution in [2.24, 2.45) is 5.92 Å². The predicted octanol–water partition coefficient (Wildman–Crippen LogP) is 0.977. The zero-order valence-electron chi connectivity index (χ0n) is 14.7. The SMILES string of the molecule is CC1CN(C(=O)C2CCN(c3ccc4nncn4n3)CC2)C(C)CO1. The molecule has 0 N–H and O–H groups in total. The number of carbonyl (C=O) groups excluding carboxylic acids is 1. The third-order valence-corrected chi connectivity index (χ3v) is 5.21. The molecule has 4 rings (SSSR count). The molecule has 2 atom stereocenters. The Hall–Kier alpha value is -2.22. The Bertz CT molecular complexity index is 754. The molecular formula is C17H24N6O2. The Labute approximate surface area is 146 Å². The van der Waals surface area contributed by atoms with Gasteiger partial charge >= 0.3 is 0 Å².